The maximum atomic E-state index is 4.10. The van der Waals surface area contributed by atoms with Crippen LogP contribution in [0.4, 0.5) is 0 Å². The van der Waals surface area contributed by atoms with Crippen LogP contribution in [0.1, 0.15) is 0 Å². The quantitative estimate of drug-likeness (QED) is 0.373. The van der Waals surface area contributed by atoms with Gasteiger partial charge in [0.05, 0.1) is 9.40 Å². The normalized spacial score (nSPS) is 11.5. The van der Waals surface area contributed by atoms with Crippen LogP contribution in [-0.4, -0.2) is 9.97 Å². The van der Waals surface area contributed by atoms with E-state index < -0.39 is 0 Å². The van der Waals surface area contributed by atoms with Gasteiger partial charge in [-0.1, -0.05) is 0 Å². The fourth-order valence-electron chi connectivity index (χ4n) is 2.65. The van der Waals surface area contributed by atoms with Crippen LogP contribution < -0.4 is 0 Å². The second-order valence-electron chi connectivity index (χ2n) is 5.18. The lowest BCUT2D eigenvalue weighted by Gasteiger charge is -1.93. The largest absolute Gasteiger partial charge is 0.265 e. The fourth-order valence-corrected chi connectivity index (χ4v) is 6.69. The van der Waals surface area contributed by atoms with Crippen molar-refractivity contribution in [1.82, 2.24) is 9.97 Å². The molecule has 5 rings (SSSR count). The summed E-state index contributed by atoms with van der Waals surface area (Å²) in [6.07, 6.45) is 7.41. The highest BCUT2D eigenvalue weighted by atomic mass is 32.1. The second-order valence-corrected chi connectivity index (χ2v) is 8.37. The van der Waals surface area contributed by atoms with Gasteiger partial charge in [-0.05, 0) is 47.5 Å². The number of pyridine rings is 2. The minimum Gasteiger partial charge on any atom is -0.265 e. The van der Waals surface area contributed by atoms with Gasteiger partial charge in [0.2, 0.25) is 0 Å². The van der Waals surface area contributed by atoms with Gasteiger partial charge in [-0.3, -0.25) is 9.97 Å². The zero-order valence-corrected chi connectivity index (χ0v) is 14.3. The molecule has 2 nitrogen and oxygen atoms in total. The highest BCUT2D eigenvalue weighted by molar-refractivity contribution is 7.40. The van der Waals surface area contributed by atoms with Gasteiger partial charge < -0.3 is 0 Å². The predicted molar refractivity (Wildman–Crippen MR) is 102 cm³/mol. The van der Waals surface area contributed by atoms with Gasteiger partial charge in [-0.15, -0.1) is 34.0 Å². The van der Waals surface area contributed by atoms with Crippen LogP contribution in [0, 0.1) is 0 Å². The summed E-state index contributed by atoms with van der Waals surface area (Å²) in [5, 5.41) is 0. The standard InChI is InChI=1S/C18H10N2S3/c1-5-19-6-2-11(1)13-9-15-17(22-13)18-16(21-15)10-14(23-18)12-3-7-20-8-4-12/h1-10H. The Kier molecular flexibility index (Phi) is 3.04. The van der Waals surface area contributed by atoms with Gasteiger partial charge in [0.1, 0.15) is 0 Å². The fraction of sp³-hybridized carbons (Fsp3) is 0. The third-order valence-corrected chi connectivity index (χ3v) is 7.63. The van der Waals surface area contributed by atoms with Gasteiger partial charge in [0, 0.05) is 43.9 Å². The summed E-state index contributed by atoms with van der Waals surface area (Å²) in [6, 6.07) is 12.9. The van der Waals surface area contributed by atoms with Crippen LogP contribution in [0.5, 0.6) is 0 Å². The molecule has 0 bridgehead atoms. The molecule has 0 saturated heterocycles. The zero-order chi connectivity index (χ0) is 15.2. The summed E-state index contributed by atoms with van der Waals surface area (Å²) < 4.78 is 5.57. The summed E-state index contributed by atoms with van der Waals surface area (Å²) in [7, 11) is 0. The number of thiophene rings is 3. The molecule has 0 aliphatic rings. The van der Waals surface area contributed by atoms with Crippen molar-refractivity contribution in [2.75, 3.05) is 0 Å². The third-order valence-electron chi connectivity index (χ3n) is 3.75. The average molecular weight is 350 g/mol. The van der Waals surface area contributed by atoms with E-state index in [1.165, 1.54) is 39.7 Å². The predicted octanol–water partition coefficient (Wildman–Crippen LogP) is 6.30. The summed E-state index contributed by atoms with van der Waals surface area (Å²) in [4.78, 5) is 10.8. The van der Waals surface area contributed by atoms with E-state index in [9.17, 15) is 0 Å². The molecule has 23 heavy (non-hydrogen) atoms. The highest BCUT2D eigenvalue weighted by Gasteiger charge is 2.14. The molecule has 5 aromatic rings. The van der Waals surface area contributed by atoms with E-state index in [-0.39, 0.29) is 0 Å². The Morgan fingerprint density at radius 1 is 0.565 bits per heavy atom. The summed E-state index contributed by atoms with van der Waals surface area (Å²) >= 11 is 5.63. The summed E-state index contributed by atoms with van der Waals surface area (Å²) in [6.45, 7) is 0. The molecule has 0 atom stereocenters. The van der Waals surface area contributed by atoms with Crippen molar-refractivity contribution in [1.29, 1.82) is 0 Å². The van der Waals surface area contributed by atoms with Crippen LogP contribution in [0.2, 0.25) is 0 Å². The van der Waals surface area contributed by atoms with Crippen molar-refractivity contribution in [3.05, 3.63) is 61.2 Å². The Bertz CT molecular complexity index is 1020. The van der Waals surface area contributed by atoms with Crippen molar-refractivity contribution in [2.45, 2.75) is 0 Å². The van der Waals surface area contributed by atoms with E-state index in [0.29, 0.717) is 0 Å². The van der Waals surface area contributed by atoms with E-state index in [2.05, 4.69) is 46.4 Å². The lowest BCUT2D eigenvalue weighted by molar-refractivity contribution is 1.33. The molecular weight excluding hydrogens is 340 g/mol. The summed E-state index contributed by atoms with van der Waals surface area (Å²) in [5.74, 6) is 0. The SMILES string of the molecule is c1cc(-c2cc3sc4cc(-c5ccncc5)sc4c3s2)ccn1. The van der Waals surface area contributed by atoms with Gasteiger partial charge >= 0.3 is 0 Å². The first-order valence-electron chi connectivity index (χ1n) is 7.15. The van der Waals surface area contributed by atoms with Crippen molar-refractivity contribution in [3.63, 3.8) is 0 Å². The molecule has 110 valence electrons. The lowest BCUT2D eigenvalue weighted by atomic mass is 10.2. The molecule has 0 unspecified atom stereocenters. The minimum atomic E-state index is 1.24. The van der Waals surface area contributed by atoms with E-state index >= 15 is 0 Å². The molecule has 0 fully saturated rings. The molecule has 0 radical (unpaired) electrons. The van der Waals surface area contributed by atoms with E-state index in [1.54, 1.807) is 0 Å². The van der Waals surface area contributed by atoms with Crippen molar-refractivity contribution >= 4 is 52.8 Å². The average Bonchev–Trinajstić information content (AvgIpc) is 3.26. The van der Waals surface area contributed by atoms with Gasteiger partial charge in [-0.25, -0.2) is 0 Å². The Labute approximate surface area is 144 Å². The first-order valence-corrected chi connectivity index (χ1v) is 9.60. The van der Waals surface area contributed by atoms with Gasteiger partial charge in [-0.2, -0.15) is 0 Å². The molecule has 0 aromatic carbocycles. The molecular formula is C18H10N2S3. The molecule has 0 amide bonds. The molecule has 0 aliphatic heterocycles. The second kappa shape index (κ2) is 5.23. The molecule has 0 aliphatic carbocycles. The molecule has 5 heteroatoms. The maximum absolute atomic E-state index is 4.10. The molecule has 0 saturated carbocycles. The first-order chi connectivity index (χ1) is 11.4. The lowest BCUT2D eigenvalue weighted by Crippen LogP contribution is -1.71. The van der Waals surface area contributed by atoms with E-state index in [1.807, 2.05) is 58.8 Å². The van der Waals surface area contributed by atoms with Crippen LogP contribution in [0.15, 0.2) is 61.2 Å². The van der Waals surface area contributed by atoms with Gasteiger partial charge in [0.15, 0.2) is 0 Å². The maximum Gasteiger partial charge on any atom is 0.0636 e. The van der Waals surface area contributed by atoms with Crippen LogP contribution in [-0.2, 0) is 0 Å². The topological polar surface area (TPSA) is 25.8 Å². The third kappa shape index (κ3) is 2.20. The first kappa shape index (κ1) is 13.4. The Morgan fingerprint density at radius 3 is 1.43 bits per heavy atom. The highest BCUT2D eigenvalue weighted by Crippen LogP contribution is 2.47. The van der Waals surface area contributed by atoms with E-state index in [0.717, 1.165) is 0 Å². The van der Waals surface area contributed by atoms with Gasteiger partial charge in [0.25, 0.3) is 0 Å². The Morgan fingerprint density at radius 2 is 1.00 bits per heavy atom. The number of fused-ring (bicyclic) bond motifs is 3. The van der Waals surface area contributed by atoms with Crippen molar-refractivity contribution in [2.24, 2.45) is 0 Å². The zero-order valence-electron chi connectivity index (χ0n) is 11.9. The van der Waals surface area contributed by atoms with Crippen LogP contribution >= 0.6 is 34.0 Å². The Balaban J connectivity index is 1.68. The summed E-state index contributed by atoms with van der Waals surface area (Å²) in [5.41, 5.74) is 2.49. The van der Waals surface area contributed by atoms with Crippen LogP contribution in [0.25, 0.3) is 39.7 Å². The number of hydrogen-bond donors (Lipinski definition) is 0. The Hall–Kier alpha value is -2.08. The molecule has 5 aromatic heterocycles. The monoisotopic (exact) mass is 350 g/mol. The van der Waals surface area contributed by atoms with Crippen molar-refractivity contribution < 1.29 is 0 Å². The van der Waals surface area contributed by atoms with Crippen molar-refractivity contribution in [3.8, 4) is 20.9 Å². The number of hydrogen-bond acceptors (Lipinski definition) is 5. The molecule has 0 N–H and O–H groups in total. The molecule has 5 heterocycles. The minimum absolute atomic E-state index is 1.24. The number of nitrogens with zero attached hydrogens (tertiary/aromatic N) is 2. The van der Waals surface area contributed by atoms with Crippen LogP contribution in [0.3, 0.4) is 0 Å². The smallest absolute Gasteiger partial charge is 0.0636 e. The molecule has 0 spiro atoms. The number of aromatic nitrogens is 2. The number of rotatable bonds is 2. The van der Waals surface area contributed by atoms with E-state index in [4.69, 9.17) is 0 Å².